The maximum atomic E-state index is 5.52. The molecule has 2 unspecified atom stereocenters. The molecule has 18 heavy (non-hydrogen) atoms. The van der Waals surface area contributed by atoms with Crippen LogP contribution in [0.25, 0.3) is 0 Å². The molecule has 0 aromatic rings. The van der Waals surface area contributed by atoms with Crippen molar-refractivity contribution >= 4 is 0 Å². The van der Waals surface area contributed by atoms with Crippen LogP contribution in [0.2, 0.25) is 0 Å². The maximum Gasteiger partial charge on any atom is 0.0471 e. The third-order valence-corrected chi connectivity index (χ3v) is 4.86. The van der Waals surface area contributed by atoms with Gasteiger partial charge in [0.05, 0.1) is 0 Å². The zero-order chi connectivity index (χ0) is 13.0. The Bertz CT molecular complexity index is 251. The number of nitrogens with one attached hydrogen (secondary N) is 1. The predicted octanol–water partition coefficient (Wildman–Crippen LogP) is 2.27. The molecule has 3 nitrogen and oxygen atoms in total. The average molecular weight is 254 g/mol. The van der Waals surface area contributed by atoms with Crippen LogP contribution in [0.5, 0.6) is 0 Å². The quantitative estimate of drug-likeness (QED) is 0.833. The van der Waals surface area contributed by atoms with Gasteiger partial charge in [0.25, 0.3) is 0 Å². The van der Waals surface area contributed by atoms with Crippen LogP contribution in [-0.4, -0.2) is 49.8 Å². The van der Waals surface area contributed by atoms with Gasteiger partial charge >= 0.3 is 0 Å². The Kier molecular flexibility index (Phi) is 5.05. The van der Waals surface area contributed by atoms with Crippen LogP contribution in [0.15, 0.2) is 0 Å². The molecule has 2 aliphatic rings. The smallest absolute Gasteiger partial charge is 0.0471 e. The summed E-state index contributed by atoms with van der Waals surface area (Å²) in [5, 5.41) is 3.68. The van der Waals surface area contributed by atoms with Gasteiger partial charge in [-0.1, -0.05) is 20.8 Å². The number of hydrogen-bond donors (Lipinski definition) is 1. The van der Waals surface area contributed by atoms with Gasteiger partial charge in [0.2, 0.25) is 0 Å². The minimum atomic E-state index is 0.474. The Balaban J connectivity index is 1.95. The number of ether oxygens (including phenoxy) is 1. The summed E-state index contributed by atoms with van der Waals surface area (Å²) in [6.45, 7) is 12.6. The minimum Gasteiger partial charge on any atom is -0.381 e. The molecule has 0 saturated carbocycles. The normalized spacial score (nSPS) is 33.5. The van der Waals surface area contributed by atoms with Crippen molar-refractivity contribution in [1.29, 1.82) is 0 Å². The molecule has 106 valence electrons. The molecule has 2 fully saturated rings. The second-order valence-electron chi connectivity index (χ2n) is 6.43. The van der Waals surface area contributed by atoms with Gasteiger partial charge in [-0.15, -0.1) is 0 Å². The molecule has 1 N–H and O–H groups in total. The van der Waals surface area contributed by atoms with Gasteiger partial charge in [0.15, 0.2) is 0 Å². The highest BCUT2D eigenvalue weighted by Crippen LogP contribution is 2.32. The summed E-state index contributed by atoms with van der Waals surface area (Å²) in [7, 11) is 0. The first-order valence-corrected chi connectivity index (χ1v) is 7.72. The van der Waals surface area contributed by atoms with E-state index in [0.717, 1.165) is 19.3 Å². The Morgan fingerprint density at radius 3 is 2.56 bits per heavy atom. The molecule has 2 saturated heterocycles. The van der Waals surface area contributed by atoms with Crippen LogP contribution in [0, 0.1) is 5.41 Å². The third-order valence-electron chi connectivity index (χ3n) is 4.86. The molecule has 3 heteroatoms. The molecular weight excluding hydrogens is 224 g/mol. The fourth-order valence-corrected chi connectivity index (χ4v) is 3.31. The van der Waals surface area contributed by atoms with Crippen LogP contribution < -0.4 is 5.32 Å². The van der Waals surface area contributed by atoms with Crippen molar-refractivity contribution in [3.05, 3.63) is 0 Å². The van der Waals surface area contributed by atoms with E-state index >= 15 is 0 Å². The van der Waals surface area contributed by atoms with Crippen LogP contribution in [-0.2, 0) is 4.74 Å². The molecule has 0 amide bonds. The van der Waals surface area contributed by atoms with E-state index in [1.807, 2.05) is 0 Å². The Hall–Kier alpha value is -0.120. The first kappa shape index (κ1) is 14.3. The van der Waals surface area contributed by atoms with Gasteiger partial charge in [0.1, 0.15) is 0 Å². The van der Waals surface area contributed by atoms with Gasteiger partial charge in [-0.3, -0.25) is 4.90 Å². The van der Waals surface area contributed by atoms with Crippen LogP contribution >= 0.6 is 0 Å². The molecule has 0 aromatic carbocycles. The number of rotatable bonds is 4. The molecule has 2 aliphatic heterocycles. The van der Waals surface area contributed by atoms with E-state index in [1.54, 1.807) is 0 Å². The van der Waals surface area contributed by atoms with Crippen molar-refractivity contribution in [3.8, 4) is 0 Å². The first-order chi connectivity index (χ1) is 8.67. The zero-order valence-electron chi connectivity index (χ0n) is 12.4. The topological polar surface area (TPSA) is 24.5 Å². The van der Waals surface area contributed by atoms with Gasteiger partial charge in [-0.2, -0.15) is 0 Å². The van der Waals surface area contributed by atoms with E-state index in [-0.39, 0.29) is 0 Å². The summed E-state index contributed by atoms with van der Waals surface area (Å²) < 4.78 is 5.52. The van der Waals surface area contributed by atoms with Crippen molar-refractivity contribution in [2.75, 3.05) is 32.8 Å². The number of hydrogen-bond acceptors (Lipinski definition) is 3. The molecule has 2 rings (SSSR count). The van der Waals surface area contributed by atoms with E-state index in [0.29, 0.717) is 11.5 Å². The van der Waals surface area contributed by atoms with Crippen molar-refractivity contribution in [3.63, 3.8) is 0 Å². The average Bonchev–Trinajstić information content (AvgIpc) is 2.39. The highest BCUT2D eigenvalue weighted by molar-refractivity contribution is 4.89. The molecule has 0 radical (unpaired) electrons. The maximum absolute atomic E-state index is 5.52. The molecule has 0 aliphatic carbocycles. The highest BCUT2D eigenvalue weighted by atomic mass is 16.5. The lowest BCUT2D eigenvalue weighted by Crippen LogP contribution is -2.58. The first-order valence-electron chi connectivity index (χ1n) is 7.72. The van der Waals surface area contributed by atoms with Crippen LogP contribution in [0.4, 0.5) is 0 Å². The van der Waals surface area contributed by atoms with Crippen molar-refractivity contribution < 1.29 is 4.74 Å². The summed E-state index contributed by atoms with van der Waals surface area (Å²) in [6.07, 6.45) is 4.96. The predicted molar refractivity (Wildman–Crippen MR) is 75.9 cm³/mol. The minimum absolute atomic E-state index is 0.474. The fourth-order valence-electron chi connectivity index (χ4n) is 3.31. The fraction of sp³-hybridized carbons (Fsp3) is 1.00. The van der Waals surface area contributed by atoms with E-state index < -0.39 is 0 Å². The van der Waals surface area contributed by atoms with Gasteiger partial charge < -0.3 is 10.1 Å². The third kappa shape index (κ3) is 3.46. The van der Waals surface area contributed by atoms with Gasteiger partial charge in [-0.25, -0.2) is 0 Å². The molecule has 0 spiro atoms. The summed E-state index contributed by atoms with van der Waals surface area (Å²) >= 11 is 0. The van der Waals surface area contributed by atoms with Gasteiger partial charge in [-0.05, 0) is 31.1 Å². The standard InChI is InChI=1S/C15H30N2O/c1-4-13-11-17(14(5-2)10-16-13)12-15(3)6-8-18-9-7-15/h13-14,16H,4-12H2,1-3H3. The summed E-state index contributed by atoms with van der Waals surface area (Å²) in [6, 6.07) is 1.42. The Morgan fingerprint density at radius 1 is 1.22 bits per heavy atom. The SMILES string of the molecule is CCC1CN(CC2(C)CCOCC2)C(CC)CN1. The number of piperazine rings is 1. The van der Waals surface area contributed by atoms with E-state index in [2.05, 4.69) is 31.0 Å². The summed E-state index contributed by atoms with van der Waals surface area (Å²) in [5.74, 6) is 0. The van der Waals surface area contributed by atoms with Crippen LogP contribution in [0.3, 0.4) is 0 Å². The number of nitrogens with zero attached hydrogens (tertiary/aromatic N) is 1. The molecular formula is C15H30N2O. The molecule has 2 heterocycles. The lowest BCUT2D eigenvalue weighted by molar-refractivity contribution is -0.0111. The van der Waals surface area contributed by atoms with E-state index in [1.165, 1.54) is 45.3 Å². The van der Waals surface area contributed by atoms with E-state index in [4.69, 9.17) is 4.74 Å². The summed E-state index contributed by atoms with van der Waals surface area (Å²) in [5.41, 5.74) is 0.474. The van der Waals surface area contributed by atoms with E-state index in [9.17, 15) is 0 Å². The zero-order valence-corrected chi connectivity index (χ0v) is 12.4. The molecule has 0 bridgehead atoms. The lowest BCUT2D eigenvalue weighted by atomic mass is 9.81. The van der Waals surface area contributed by atoms with Crippen molar-refractivity contribution in [2.45, 2.75) is 58.5 Å². The van der Waals surface area contributed by atoms with Crippen molar-refractivity contribution in [2.24, 2.45) is 5.41 Å². The van der Waals surface area contributed by atoms with Gasteiger partial charge in [0, 0.05) is 44.9 Å². The Labute approximate surface area is 112 Å². The highest BCUT2D eigenvalue weighted by Gasteiger charge is 2.34. The second-order valence-corrected chi connectivity index (χ2v) is 6.43. The second kappa shape index (κ2) is 6.36. The Morgan fingerprint density at radius 2 is 1.94 bits per heavy atom. The summed E-state index contributed by atoms with van der Waals surface area (Å²) in [4.78, 5) is 2.75. The lowest BCUT2D eigenvalue weighted by Gasteiger charge is -2.45. The monoisotopic (exact) mass is 254 g/mol. The molecule has 0 aromatic heterocycles. The molecule has 2 atom stereocenters. The largest absolute Gasteiger partial charge is 0.381 e. The van der Waals surface area contributed by atoms with Crippen molar-refractivity contribution in [1.82, 2.24) is 10.2 Å². The van der Waals surface area contributed by atoms with Crippen LogP contribution in [0.1, 0.15) is 46.5 Å².